The normalized spacial score (nSPS) is 11.1. The molecule has 5 nitrogen and oxygen atoms in total. The molecule has 0 aliphatic carbocycles. The second-order valence-corrected chi connectivity index (χ2v) is 3.43. The summed E-state index contributed by atoms with van der Waals surface area (Å²) in [5.41, 5.74) is 2.01. The van der Waals surface area contributed by atoms with Crippen LogP contribution < -0.4 is 5.32 Å². The molecule has 16 heavy (non-hydrogen) atoms. The summed E-state index contributed by atoms with van der Waals surface area (Å²) in [4.78, 5) is 8.29. The number of aromatic nitrogens is 3. The number of nitrogens with one attached hydrogen (secondary N) is 1. The van der Waals surface area contributed by atoms with E-state index in [1.807, 2.05) is 23.7 Å². The Labute approximate surface area is 94.5 Å². The standard InChI is InChI=1S/C11H16N4O/c1-2-16-6-4-13-7-10-8-14-11-9-12-3-5-15(10)11/h3,5,8-9,13H,2,4,6-7H2,1H3. The van der Waals surface area contributed by atoms with Crippen molar-refractivity contribution in [1.82, 2.24) is 19.7 Å². The Balaban J connectivity index is 1.89. The van der Waals surface area contributed by atoms with Crippen molar-refractivity contribution in [3.05, 3.63) is 30.5 Å². The molecule has 2 rings (SSSR count). The first-order valence-electron chi connectivity index (χ1n) is 5.46. The molecule has 0 aliphatic heterocycles. The van der Waals surface area contributed by atoms with Gasteiger partial charge >= 0.3 is 0 Å². The van der Waals surface area contributed by atoms with Crippen LogP contribution in [0.3, 0.4) is 0 Å². The lowest BCUT2D eigenvalue weighted by molar-refractivity contribution is 0.149. The van der Waals surface area contributed by atoms with Gasteiger partial charge in [0, 0.05) is 32.1 Å². The van der Waals surface area contributed by atoms with Gasteiger partial charge in [-0.3, -0.25) is 9.38 Å². The van der Waals surface area contributed by atoms with Crippen molar-refractivity contribution in [2.24, 2.45) is 0 Å². The zero-order chi connectivity index (χ0) is 11.2. The summed E-state index contributed by atoms with van der Waals surface area (Å²) in [5.74, 6) is 0. The van der Waals surface area contributed by atoms with Gasteiger partial charge in [-0.1, -0.05) is 0 Å². The lowest BCUT2D eigenvalue weighted by atomic mass is 10.4. The van der Waals surface area contributed by atoms with Gasteiger partial charge in [-0.2, -0.15) is 0 Å². The SMILES string of the molecule is CCOCCNCc1cnc2cnccn12. The minimum Gasteiger partial charge on any atom is -0.380 e. The molecule has 0 bridgehead atoms. The van der Waals surface area contributed by atoms with Crippen molar-refractivity contribution in [2.75, 3.05) is 19.8 Å². The van der Waals surface area contributed by atoms with Crippen molar-refractivity contribution >= 4 is 5.65 Å². The maximum atomic E-state index is 5.25. The zero-order valence-electron chi connectivity index (χ0n) is 9.39. The molecule has 2 aromatic heterocycles. The van der Waals surface area contributed by atoms with E-state index >= 15 is 0 Å². The van der Waals surface area contributed by atoms with Gasteiger partial charge in [0.2, 0.25) is 0 Å². The van der Waals surface area contributed by atoms with Crippen LogP contribution in [0.25, 0.3) is 5.65 Å². The molecular weight excluding hydrogens is 204 g/mol. The van der Waals surface area contributed by atoms with Crippen molar-refractivity contribution in [2.45, 2.75) is 13.5 Å². The zero-order valence-corrected chi connectivity index (χ0v) is 9.39. The third-order valence-corrected chi connectivity index (χ3v) is 2.33. The fourth-order valence-corrected chi connectivity index (χ4v) is 1.53. The van der Waals surface area contributed by atoms with E-state index in [1.165, 1.54) is 0 Å². The van der Waals surface area contributed by atoms with E-state index in [1.54, 1.807) is 12.4 Å². The van der Waals surface area contributed by atoms with E-state index in [-0.39, 0.29) is 0 Å². The Hall–Kier alpha value is -1.46. The van der Waals surface area contributed by atoms with Crippen molar-refractivity contribution in [1.29, 1.82) is 0 Å². The summed E-state index contributed by atoms with van der Waals surface area (Å²) in [6.07, 6.45) is 7.30. The number of hydrogen-bond acceptors (Lipinski definition) is 4. The highest BCUT2D eigenvalue weighted by Crippen LogP contribution is 2.03. The number of hydrogen-bond donors (Lipinski definition) is 1. The maximum Gasteiger partial charge on any atom is 0.155 e. The van der Waals surface area contributed by atoms with E-state index in [0.29, 0.717) is 0 Å². The number of fused-ring (bicyclic) bond motifs is 1. The topological polar surface area (TPSA) is 51.5 Å². The maximum absolute atomic E-state index is 5.25. The summed E-state index contributed by atoms with van der Waals surface area (Å²) in [7, 11) is 0. The van der Waals surface area contributed by atoms with E-state index < -0.39 is 0 Å². The molecule has 0 spiro atoms. The summed E-state index contributed by atoms with van der Waals surface area (Å²) in [6, 6.07) is 0. The molecule has 0 amide bonds. The first-order valence-corrected chi connectivity index (χ1v) is 5.46. The van der Waals surface area contributed by atoms with Crippen LogP contribution in [0.1, 0.15) is 12.6 Å². The van der Waals surface area contributed by atoms with Crippen LogP contribution in [-0.4, -0.2) is 34.1 Å². The molecule has 0 radical (unpaired) electrons. The van der Waals surface area contributed by atoms with Gasteiger partial charge in [0.15, 0.2) is 5.65 Å². The van der Waals surface area contributed by atoms with Crippen LogP contribution in [0, 0.1) is 0 Å². The molecule has 86 valence electrons. The highest BCUT2D eigenvalue weighted by Gasteiger charge is 2.01. The summed E-state index contributed by atoms with van der Waals surface area (Å²) in [6.45, 7) is 5.15. The highest BCUT2D eigenvalue weighted by molar-refractivity contribution is 5.36. The van der Waals surface area contributed by atoms with Crippen molar-refractivity contribution in [3.63, 3.8) is 0 Å². The van der Waals surface area contributed by atoms with Gasteiger partial charge in [0.25, 0.3) is 0 Å². The van der Waals surface area contributed by atoms with Crippen LogP contribution in [0.5, 0.6) is 0 Å². The van der Waals surface area contributed by atoms with Crippen LogP contribution in [0.2, 0.25) is 0 Å². The van der Waals surface area contributed by atoms with Gasteiger partial charge in [0.1, 0.15) is 0 Å². The third-order valence-electron chi connectivity index (χ3n) is 2.33. The smallest absolute Gasteiger partial charge is 0.155 e. The number of nitrogens with zero attached hydrogens (tertiary/aromatic N) is 3. The van der Waals surface area contributed by atoms with Gasteiger partial charge < -0.3 is 10.1 Å². The number of rotatable bonds is 6. The predicted molar refractivity (Wildman–Crippen MR) is 61.2 cm³/mol. The Bertz CT molecular complexity index is 440. The average molecular weight is 220 g/mol. The lowest BCUT2D eigenvalue weighted by Crippen LogP contribution is -2.20. The molecule has 0 aliphatic rings. The number of imidazole rings is 1. The van der Waals surface area contributed by atoms with Crippen molar-refractivity contribution < 1.29 is 4.74 Å². The molecular formula is C11H16N4O. The van der Waals surface area contributed by atoms with Crippen molar-refractivity contribution in [3.8, 4) is 0 Å². The molecule has 0 aromatic carbocycles. The van der Waals surface area contributed by atoms with Crippen LogP contribution in [0.15, 0.2) is 24.8 Å². The van der Waals surface area contributed by atoms with Gasteiger partial charge in [0.05, 0.1) is 24.7 Å². The Morgan fingerprint density at radius 3 is 3.25 bits per heavy atom. The minimum absolute atomic E-state index is 0.745. The highest BCUT2D eigenvalue weighted by atomic mass is 16.5. The monoisotopic (exact) mass is 220 g/mol. The molecule has 1 N–H and O–H groups in total. The molecule has 0 unspecified atom stereocenters. The largest absolute Gasteiger partial charge is 0.380 e. The molecule has 2 aromatic rings. The second kappa shape index (κ2) is 5.58. The Kier molecular flexibility index (Phi) is 3.85. The van der Waals surface area contributed by atoms with Gasteiger partial charge in [-0.05, 0) is 6.92 Å². The minimum atomic E-state index is 0.745. The van der Waals surface area contributed by atoms with E-state index in [9.17, 15) is 0 Å². The summed E-state index contributed by atoms with van der Waals surface area (Å²) >= 11 is 0. The number of ether oxygens (including phenoxy) is 1. The molecule has 5 heteroatoms. The lowest BCUT2D eigenvalue weighted by Gasteiger charge is -2.04. The molecule has 0 fully saturated rings. The van der Waals surface area contributed by atoms with Gasteiger partial charge in [-0.25, -0.2) is 4.98 Å². The second-order valence-electron chi connectivity index (χ2n) is 3.43. The molecule has 0 saturated carbocycles. The first-order chi connectivity index (χ1) is 7.92. The van der Waals surface area contributed by atoms with Crippen LogP contribution in [-0.2, 0) is 11.3 Å². The summed E-state index contributed by atoms with van der Waals surface area (Å²) in [5, 5.41) is 3.31. The average Bonchev–Trinajstić information content (AvgIpc) is 2.73. The quantitative estimate of drug-likeness (QED) is 0.733. The van der Waals surface area contributed by atoms with Gasteiger partial charge in [-0.15, -0.1) is 0 Å². The third kappa shape index (κ3) is 2.56. The van der Waals surface area contributed by atoms with E-state index in [4.69, 9.17) is 4.74 Å². The molecule has 2 heterocycles. The van der Waals surface area contributed by atoms with Crippen LogP contribution >= 0.6 is 0 Å². The fourth-order valence-electron chi connectivity index (χ4n) is 1.53. The van der Waals surface area contributed by atoms with E-state index in [0.717, 1.165) is 37.6 Å². The van der Waals surface area contributed by atoms with Crippen LogP contribution in [0.4, 0.5) is 0 Å². The fraction of sp³-hybridized carbons (Fsp3) is 0.455. The van der Waals surface area contributed by atoms with E-state index in [2.05, 4.69) is 15.3 Å². The molecule has 0 atom stereocenters. The first kappa shape index (κ1) is 11.0. The Morgan fingerprint density at radius 2 is 2.38 bits per heavy atom. The molecule has 0 saturated heterocycles. The summed E-state index contributed by atoms with van der Waals surface area (Å²) < 4.78 is 7.27. The predicted octanol–water partition coefficient (Wildman–Crippen LogP) is 0.855. The Morgan fingerprint density at radius 1 is 1.44 bits per heavy atom.